The minimum absolute atomic E-state index is 0.502. The van der Waals surface area contributed by atoms with Crippen molar-refractivity contribution in [1.29, 1.82) is 5.26 Å². The Hall–Kier alpha value is -7.51. The predicted molar refractivity (Wildman–Crippen MR) is 238 cm³/mol. The molecule has 8 aromatic carbocycles. The van der Waals surface area contributed by atoms with Gasteiger partial charge >= 0.3 is 0 Å². The Morgan fingerprint density at radius 3 is 1.50 bits per heavy atom. The van der Waals surface area contributed by atoms with Crippen molar-refractivity contribution in [3.05, 3.63) is 206 Å². The van der Waals surface area contributed by atoms with Gasteiger partial charge in [-0.25, -0.2) is 15.0 Å². The van der Waals surface area contributed by atoms with Gasteiger partial charge in [0.1, 0.15) is 0 Å². The van der Waals surface area contributed by atoms with Crippen LogP contribution in [0.5, 0.6) is 0 Å². The molecule has 0 radical (unpaired) electrons. The quantitative estimate of drug-likeness (QED) is 0.119. The van der Waals surface area contributed by atoms with E-state index in [9.17, 15) is 5.26 Å². The molecule has 0 bridgehead atoms. The third kappa shape index (κ3) is 5.87. The lowest BCUT2D eigenvalue weighted by Gasteiger charge is -2.21. The maximum Gasteiger partial charge on any atom is 0.171 e. The van der Waals surface area contributed by atoms with E-state index in [4.69, 9.17) is 15.0 Å². The Morgan fingerprint density at radius 2 is 0.897 bits per heavy atom. The van der Waals surface area contributed by atoms with Crippen LogP contribution >= 0.6 is 7.14 Å². The Morgan fingerprint density at radius 1 is 0.414 bits per heavy atom. The van der Waals surface area contributed by atoms with E-state index in [1.807, 2.05) is 176 Å². The fourth-order valence-electron chi connectivity index (χ4n) is 8.06. The standard InChI is InChI=1S/C52H33N4OP/c53-34-38-33-46-52(56-50(37-19-7-2-8-20-37)49(55-46)36-17-5-1-6-18-36)48-47(38)44-27-15-16-28-45(44)54-51(48)43-26-14-13-25-42(43)35-29-31-41(32-30-35)58(57,39-21-9-3-10-22-39)40-23-11-4-12-24-40/h1-33H. The van der Waals surface area contributed by atoms with E-state index >= 15 is 4.57 Å². The van der Waals surface area contributed by atoms with Crippen LogP contribution < -0.4 is 15.9 Å². The van der Waals surface area contributed by atoms with Crippen LogP contribution in [0, 0.1) is 11.3 Å². The summed E-state index contributed by atoms with van der Waals surface area (Å²) in [4.78, 5) is 16.1. The summed E-state index contributed by atoms with van der Waals surface area (Å²) >= 11 is 0. The number of nitriles is 1. The molecule has 0 atom stereocenters. The molecule has 0 aliphatic carbocycles. The van der Waals surface area contributed by atoms with Crippen LogP contribution in [0.3, 0.4) is 0 Å². The number of fused-ring (bicyclic) bond motifs is 5. The van der Waals surface area contributed by atoms with Gasteiger partial charge in [0.15, 0.2) is 7.14 Å². The van der Waals surface area contributed by atoms with E-state index in [1.165, 1.54) is 0 Å². The zero-order valence-electron chi connectivity index (χ0n) is 31.2. The molecule has 0 saturated carbocycles. The molecule has 0 aliphatic heterocycles. The molecule has 2 heterocycles. The number of pyridine rings is 1. The fraction of sp³-hybridized carbons (Fsp3) is 0. The first-order valence-electron chi connectivity index (χ1n) is 19.1. The summed E-state index contributed by atoms with van der Waals surface area (Å²) in [5.41, 5.74) is 9.38. The number of aromatic nitrogens is 3. The van der Waals surface area contributed by atoms with Gasteiger partial charge in [0.05, 0.1) is 45.3 Å². The Balaban J connectivity index is 1.24. The Bertz CT molecular complexity index is 3200. The Kier molecular flexibility index (Phi) is 8.75. The van der Waals surface area contributed by atoms with Crippen LogP contribution in [0.25, 0.3) is 77.6 Å². The van der Waals surface area contributed by atoms with Crippen LogP contribution in [0.4, 0.5) is 0 Å². The zero-order chi connectivity index (χ0) is 39.1. The van der Waals surface area contributed by atoms with Crippen LogP contribution in [-0.4, -0.2) is 15.0 Å². The van der Waals surface area contributed by atoms with Gasteiger partial charge in [-0.3, -0.25) is 0 Å². The summed E-state index contributed by atoms with van der Waals surface area (Å²) in [6, 6.07) is 68.2. The molecule has 0 fully saturated rings. The van der Waals surface area contributed by atoms with Crippen molar-refractivity contribution < 1.29 is 4.57 Å². The lowest BCUT2D eigenvalue weighted by molar-refractivity contribution is 0.592. The number of hydrogen-bond donors (Lipinski definition) is 0. The smallest absolute Gasteiger partial charge is 0.171 e. The van der Waals surface area contributed by atoms with Gasteiger partial charge in [-0.15, -0.1) is 0 Å². The SMILES string of the molecule is N#Cc1cc2nc(-c3ccccc3)c(-c3ccccc3)nc2c2c(-c3ccccc3-c3ccc(P(=O)(c4ccccc4)c4ccccc4)cc3)nc3ccccc3c12. The first-order chi connectivity index (χ1) is 28.6. The monoisotopic (exact) mass is 760 g/mol. The summed E-state index contributed by atoms with van der Waals surface area (Å²) in [5.74, 6) is 0. The second-order valence-corrected chi connectivity index (χ2v) is 16.9. The number of para-hydroxylation sites is 1. The first-order valence-corrected chi connectivity index (χ1v) is 20.8. The van der Waals surface area contributed by atoms with Crippen molar-refractivity contribution in [2.75, 3.05) is 0 Å². The van der Waals surface area contributed by atoms with Crippen LogP contribution in [-0.2, 0) is 4.57 Å². The molecule has 6 heteroatoms. The van der Waals surface area contributed by atoms with Crippen molar-refractivity contribution in [2.24, 2.45) is 0 Å². The van der Waals surface area contributed by atoms with Gasteiger partial charge in [0, 0.05) is 48.8 Å². The minimum atomic E-state index is -3.17. The number of benzene rings is 8. The van der Waals surface area contributed by atoms with E-state index in [0.717, 1.165) is 76.8 Å². The molecule has 5 nitrogen and oxygen atoms in total. The van der Waals surface area contributed by atoms with Gasteiger partial charge < -0.3 is 4.57 Å². The van der Waals surface area contributed by atoms with Crippen molar-refractivity contribution >= 4 is 55.8 Å². The third-order valence-electron chi connectivity index (χ3n) is 10.8. The van der Waals surface area contributed by atoms with Gasteiger partial charge in [0.2, 0.25) is 0 Å². The molecule has 0 saturated heterocycles. The number of nitrogens with zero attached hydrogens (tertiary/aromatic N) is 4. The molecule has 58 heavy (non-hydrogen) atoms. The van der Waals surface area contributed by atoms with Gasteiger partial charge in [0.25, 0.3) is 0 Å². The summed E-state index contributed by atoms with van der Waals surface area (Å²) < 4.78 is 15.2. The highest BCUT2D eigenvalue weighted by Crippen LogP contribution is 2.45. The maximum atomic E-state index is 15.2. The number of hydrogen-bond acceptors (Lipinski definition) is 5. The van der Waals surface area contributed by atoms with E-state index in [1.54, 1.807) is 0 Å². The molecule has 0 unspecified atom stereocenters. The van der Waals surface area contributed by atoms with Gasteiger partial charge in [-0.05, 0) is 23.3 Å². The molecule has 272 valence electrons. The first kappa shape index (κ1) is 34.9. The fourth-order valence-corrected chi connectivity index (χ4v) is 10.7. The average Bonchev–Trinajstić information content (AvgIpc) is 3.31. The molecule has 2 aromatic heterocycles. The second-order valence-electron chi connectivity index (χ2n) is 14.2. The topological polar surface area (TPSA) is 79.5 Å². The van der Waals surface area contributed by atoms with E-state index in [0.29, 0.717) is 22.3 Å². The Labute approximate surface area is 336 Å². The molecular formula is C52H33N4OP. The molecular weight excluding hydrogens is 728 g/mol. The van der Waals surface area contributed by atoms with Gasteiger partial charge in [-0.1, -0.05) is 188 Å². The normalized spacial score (nSPS) is 11.5. The van der Waals surface area contributed by atoms with Crippen molar-refractivity contribution in [3.8, 4) is 51.0 Å². The van der Waals surface area contributed by atoms with Gasteiger partial charge in [-0.2, -0.15) is 5.26 Å². The zero-order valence-corrected chi connectivity index (χ0v) is 32.1. The second kappa shape index (κ2) is 14.5. The molecule has 0 N–H and O–H groups in total. The van der Waals surface area contributed by atoms with Crippen molar-refractivity contribution in [3.63, 3.8) is 0 Å². The van der Waals surface area contributed by atoms with Crippen LogP contribution in [0.15, 0.2) is 200 Å². The molecule has 0 amide bonds. The largest absolute Gasteiger partial charge is 0.309 e. The molecule has 0 spiro atoms. The molecule has 0 aliphatic rings. The maximum absolute atomic E-state index is 15.2. The number of rotatable bonds is 7. The highest BCUT2D eigenvalue weighted by molar-refractivity contribution is 7.85. The third-order valence-corrected chi connectivity index (χ3v) is 13.9. The summed E-state index contributed by atoms with van der Waals surface area (Å²) in [7, 11) is -3.17. The lowest BCUT2D eigenvalue weighted by Crippen LogP contribution is -2.24. The molecule has 10 aromatic rings. The summed E-state index contributed by atoms with van der Waals surface area (Å²) in [6.45, 7) is 0. The van der Waals surface area contributed by atoms with E-state index < -0.39 is 7.14 Å². The lowest BCUT2D eigenvalue weighted by atomic mass is 9.91. The van der Waals surface area contributed by atoms with E-state index in [-0.39, 0.29) is 0 Å². The average molecular weight is 761 g/mol. The van der Waals surface area contributed by atoms with Crippen LogP contribution in [0.1, 0.15) is 5.56 Å². The molecule has 10 rings (SSSR count). The predicted octanol–water partition coefficient (Wildman–Crippen LogP) is 11.5. The minimum Gasteiger partial charge on any atom is -0.309 e. The van der Waals surface area contributed by atoms with Crippen molar-refractivity contribution in [2.45, 2.75) is 0 Å². The highest BCUT2D eigenvalue weighted by atomic mass is 31.2. The van der Waals surface area contributed by atoms with E-state index in [2.05, 4.69) is 30.3 Å². The summed E-state index contributed by atoms with van der Waals surface area (Å²) in [6.07, 6.45) is 0. The van der Waals surface area contributed by atoms with Crippen molar-refractivity contribution in [1.82, 2.24) is 15.0 Å². The summed E-state index contributed by atoms with van der Waals surface area (Å²) in [5, 5.41) is 15.5. The van der Waals surface area contributed by atoms with Crippen LogP contribution in [0.2, 0.25) is 0 Å². The highest BCUT2D eigenvalue weighted by Gasteiger charge is 2.30.